The van der Waals surface area contributed by atoms with Gasteiger partial charge in [-0.3, -0.25) is 9.59 Å². The highest BCUT2D eigenvalue weighted by molar-refractivity contribution is 6.43. The summed E-state index contributed by atoms with van der Waals surface area (Å²) >= 11 is 0. The normalized spacial score (nSPS) is 13.7. The lowest BCUT2D eigenvalue weighted by Crippen LogP contribution is -2.40. The lowest BCUT2D eigenvalue weighted by Gasteiger charge is -2.24. The molecule has 1 aliphatic rings. The average Bonchev–Trinajstić information content (AvgIpc) is 3.28. The molecule has 3 aromatic carbocycles. The van der Waals surface area contributed by atoms with Crippen LogP contribution in [0.15, 0.2) is 72.8 Å². The second kappa shape index (κ2) is 13.3. The number of amides is 4. The molecule has 41 heavy (non-hydrogen) atoms. The first-order chi connectivity index (χ1) is 19.8. The molecule has 0 radical (unpaired) electrons. The van der Waals surface area contributed by atoms with Crippen molar-refractivity contribution in [1.82, 2.24) is 10.2 Å². The standard InChI is InChI=1S/C33H39N5O3/c1-6-23-14-19-27-28(22-23)38(33(41)34-3)32(40)30(27)31(24-12-9-8-10-13-24)35-25-15-17-26(18-16-25)37(29(39)7-2)21-11-20-36(4)5/h8-10,12-19,22,35H,6-7,11,20-21H2,1-5H3,(H,34,41). The molecule has 4 rings (SSSR count). The number of aryl methyl sites for hydroxylation is 1. The van der Waals surface area contributed by atoms with Gasteiger partial charge >= 0.3 is 6.03 Å². The molecule has 8 nitrogen and oxygen atoms in total. The van der Waals surface area contributed by atoms with E-state index in [4.69, 9.17) is 0 Å². The van der Waals surface area contributed by atoms with E-state index in [1.807, 2.05) is 106 Å². The lowest BCUT2D eigenvalue weighted by atomic mass is 9.98. The van der Waals surface area contributed by atoms with E-state index < -0.39 is 11.9 Å². The van der Waals surface area contributed by atoms with E-state index in [-0.39, 0.29) is 5.91 Å². The predicted molar refractivity (Wildman–Crippen MR) is 167 cm³/mol. The first kappa shape index (κ1) is 29.6. The van der Waals surface area contributed by atoms with Crippen LogP contribution >= 0.6 is 0 Å². The maximum absolute atomic E-state index is 13.9. The van der Waals surface area contributed by atoms with Gasteiger partial charge in [0, 0.05) is 37.0 Å². The number of benzene rings is 3. The van der Waals surface area contributed by atoms with Crippen LogP contribution in [0.25, 0.3) is 11.3 Å². The Morgan fingerprint density at radius 1 is 0.902 bits per heavy atom. The number of imide groups is 1. The van der Waals surface area contributed by atoms with Gasteiger partial charge in [0.25, 0.3) is 5.91 Å². The van der Waals surface area contributed by atoms with Crippen molar-refractivity contribution < 1.29 is 14.4 Å². The molecule has 0 spiro atoms. The fraction of sp³-hybridized carbons (Fsp3) is 0.303. The molecule has 0 aliphatic carbocycles. The van der Waals surface area contributed by atoms with Crippen LogP contribution in [-0.2, 0) is 16.0 Å². The molecular formula is C33H39N5O3. The average molecular weight is 554 g/mol. The third kappa shape index (κ3) is 6.49. The second-order valence-corrected chi connectivity index (χ2v) is 10.2. The zero-order chi connectivity index (χ0) is 29.5. The molecule has 0 saturated carbocycles. The van der Waals surface area contributed by atoms with E-state index in [0.717, 1.165) is 41.9 Å². The number of hydrogen-bond donors (Lipinski definition) is 2. The lowest BCUT2D eigenvalue weighted by molar-refractivity contribution is -0.118. The zero-order valence-corrected chi connectivity index (χ0v) is 24.5. The monoisotopic (exact) mass is 553 g/mol. The van der Waals surface area contributed by atoms with Crippen molar-refractivity contribution in [2.24, 2.45) is 0 Å². The predicted octanol–water partition coefficient (Wildman–Crippen LogP) is 5.61. The Morgan fingerprint density at radius 2 is 1.61 bits per heavy atom. The molecule has 0 unspecified atom stereocenters. The van der Waals surface area contributed by atoms with Gasteiger partial charge in [-0.2, -0.15) is 0 Å². The molecular weight excluding hydrogens is 514 g/mol. The van der Waals surface area contributed by atoms with Crippen molar-refractivity contribution in [3.05, 3.63) is 89.5 Å². The highest BCUT2D eigenvalue weighted by atomic mass is 16.2. The van der Waals surface area contributed by atoms with Gasteiger partial charge < -0.3 is 20.4 Å². The molecule has 214 valence electrons. The van der Waals surface area contributed by atoms with E-state index in [9.17, 15) is 14.4 Å². The summed E-state index contributed by atoms with van der Waals surface area (Å²) in [6.45, 7) is 5.44. The number of nitrogens with one attached hydrogen (secondary N) is 2. The van der Waals surface area contributed by atoms with Gasteiger partial charge in [-0.05, 0) is 74.9 Å². The highest BCUT2D eigenvalue weighted by Gasteiger charge is 2.39. The molecule has 3 aromatic rings. The maximum Gasteiger partial charge on any atom is 0.328 e. The van der Waals surface area contributed by atoms with Crippen molar-refractivity contribution in [1.29, 1.82) is 0 Å². The number of carbonyl (C=O) groups excluding carboxylic acids is 3. The molecule has 8 heteroatoms. The Morgan fingerprint density at radius 3 is 2.22 bits per heavy atom. The minimum atomic E-state index is -0.480. The number of hydrogen-bond acceptors (Lipinski definition) is 5. The number of rotatable bonds is 10. The summed E-state index contributed by atoms with van der Waals surface area (Å²) in [6, 6.07) is 22.6. The summed E-state index contributed by atoms with van der Waals surface area (Å²) in [6.07, 6.45) is 2.08. The van der Waals surface area contributed by atoms with Crippen LogP contribution in [0.3, 0.4) is 0 Å². The van der Waals surface area contributed by atoms with E-state index >= 15 is 0 Å². The van der Waals surface area contributed by atoms with E-state index in [1.54, 1.807) is 0 Å². The quantitative estimate of drug-likeness (QED) is 0.319. The third-order valence-corrected chi connectivity index (χ3v) is 7.17. The molecule has 1 heterocycles. The Bertz CT molecular complexity index is 1430. The molecule has 0 bridgehead atoms. The van der Waals surface area contributed by atoms with Crippen LogP contribution in [0.4, 0.5) is 21.9 Å². The number of fused-ring (bicyclic) bond motifs is 1. The molecule has 0 atom stereocenters. The summed E-state index contributed by atoms with van der Waals surface area (Å²) in [5, 5.41) is 6.08. The fourth-order valence-corrected chi connectivity index (χ4v) is 4.97. The van der Waals surface area contributed by atoms with Crippen molar-refractivity contribution in [2.75, 3.05) is 49.3 Å². The van der Waals surface area contributed by atoms with Gasteiger partial charge in [0.2, 0.25) is 5.91 Å². The van der Waals surface area contributed by atoms with E-state index in [1.165, 1.54) is 11.9 Å². The Hall–Kier alpha value is -4.43. The third-order valence-electron chi connectivity index (χ3n) is 7.17. The summed E-state index contributed by atoms with van der Waals surface area (Å²) in [5.74, 6) is -0.318. The van der Waals surface area contributed by atoms with Gasteiger partial charge in [-0.15, -0.1) is 0 Å². The molecule has 0 aromatic heterocycles. The first-order valence-electron chi connectivity index (χ1n) is 14.1. The van der Waals surface area contributed by atoms with Gasteiger partial charge in [0.15, 0.2) is 0 Å². The Labute approximate surface area is 242 Å². The number of anilines is 3. The van der Waals surface area contributed by atoms with Crippen LogP contribution in [0.2, 0.25) is 0 Å². The Kier molecular flexibility index (Phi) is 9.57. The molecule has 2 N–H and O–H groups in total. The van der Waals surface area contributed by atoms with Gasteiger partial charge in [-0.1, -0.05) is 56.3 Å². The van der Waals surface area contributed by atoms with Crippen LogP contribution < -0.4 is 20.4 Å². The number of carbonyl (C=O) groups is 3. The zero-order valence-electron chi connectivity index (χ0n) is 24.5. The van der Waals surface area contributed by atoms with Gasteiger partial charge in [0.1, 0.15) is 0 Å². The highest BCUT2D eigenvalue weighted by Crippen LogP contribution is 2.42. The minimum Gasteiger partial charge on any atom is -0.354 e. The summed E-state index contributed by atoms with van der Waals surface area (Å²) in [5.41, 5.74) is 5.73. The molecule has 0 fully saturated rings. The van der Waals surface area contributed by atoms with E-state index in [0.29, 0.717) is 35.5 Å². The smallest absolute Gasteiger partial charge is 0.328 e. The fourth-order valence-electron chi connectivity index (χ4n) is 4.97. The van der Waals surface area contributed by atoms with Gasteiger partial charge in [-0.25, -0.2) is 9.69 Å². The minimum absolute atomic E-state index is 0.0745. The van der Waals surface area contributed by atoms with Crippen molar-refractivity contribution in [2.45, 2.75) is 33.1 Å². The van der Waals surface area contributed by atoms with Crippen LogP contribution in [-0.4, -0.2) is 57.0 Å². The van der Waals surface area contributed by atoms with Crippen LogP contribution in [0.1, 0.15) is 43.4 Å². The van der Waals surface area contributed by atoms with Crippen molar-refractivity contribution in [3.63, 3.8) is 0 Å². The first-order valence-corrected chi connectivity index (χ1v) is 14.1. The Balaban J connectivity index is 1.76. The number of urea groups is 1. The molecule has 0 saturated heterocycles. The maximum atomic E-state index is 13.9. The summed E-state index contributed by atoms with van der Waals surface area (Å²) in [4.78, 5) is 44.6. The molecule has 1 aliphatic heterocycles. The summed E-state index contributed by atoms with van der Waals surface area (Å²) < 4.78 is 0. The van der Waals surface area contributed by atoms with Crippen molar-refractivity contribution in [3.8, 4) is 0 Å². The topological polar surface area (TPSA) is 85.0 Å². The largest absolute Gasteiger partial charge is 0.354 e. The van der Waals surface area contributed by atoms with Crippen molar-refractivity contribution >= 4 is 46.2 Å². The molecule has 4 amide bonds. The SMILES string of the molecule is CCC(=O)N(CCCN(C)C)c1ccc(NC(=C2C(=O)N(C(=O)NC)c3cc(CC)ccc32)c2ccccc2)cc1. The number of nitrogens with zero attached hydrogens (tertiary/aromatic N) is 3. The van der Waals surface area contributed by atoms with Crippen LogP contribution in [0, 0.1) is 0 Å². The van der Waals surface area contributed by atoms with E-state index in [2.05, 4.69) is 15.5 Å². The van der Waals surface area contributed by atoms with Gasteiger partial charge in [0.05, 0.1) is 17.0 Å². The van der Waals surface area contributed by atoms with Crippen LogP contribution in [0.5, 0.6) is 0 Å². The summed E-state index contributed by atoms with van der Waals surface area (Å²) in [7, 11) is 5.57. The second-order valence-electron chi connectivity index (χ2n) is 10.2.